The van der Waals surface area contributed by atoms with Gasteiger partial charge < -0.3 is 10.1 Å². The molecule has 0 aromatic heterocycles. The van der Waals surface area contributed by atoms with Gasteiger partial charge in [0, 0.05) is 0 Å². The van der Waals surface area contributed by atoms with Crippen molar-refractivity contribution in [1.82, 2.24) is 5.32 Å². The predicted octanol–water partition coefficient (Wildman–Crippen LogP) is -0.970. The van der Waals surface area contributed by atoms with Crippen LogP contribution in [0, 0.1) is 5.92 Å². The van der Waals surface area contributed by atoms with E-state index in [1.54, 1.807) is 0 Å². The Hall–Kier alpha value is -1.15. The fourth-order valence-corrected chi connectivity index (χ4v) is 2.02. The van der Waals surface area contributed by atoms with Crippen LogP contribution in [0.5, 0.6) is 0 Å². The van der Waals surface area contributed by atoms with Crippen molar-refractivity contribution in [2.75, 3.05) is 20.0 Å². The fourth-order valence-electron chi connectivity index (χ4n) is 1.60. The zero-order valence-electron chi connectivity index (χ0n) is 9.63. The van der Waals surface area contributed by atoms with E-state index in [4.69, 9.17) is 0 Å². The minimum Gasteiger partial charge on any atom is -0.469 e. The summed E-state index contributed by atoms with van der Waals surface area (Å²) < 4.78 is 30.6. The van der Waals surface area contributed by atoms with Crippen molar-refractivity contribution in [3.05, 3.63) is 0 Å². The van der Waals surface area contributed by atoms with Crippen molar-refractivity contribution < 1.29 is 26.9 Å². The number of rotatable bonds is 5. The Labute approximate surface area is 99.6 Å². The van der Waals surface area contributed by atoms with Gasteiger partial charge in [0.2, 0.25) is 5.91 Å². The van der Waals surface area contributed by atoms with Gasteiger partial charge in [-0.05, 0) is 6.42 Å². The van der Waals surface area contributed by atoms with Crippen LogP contribution in [-0.4, -0.2) is 46.3 Å². The average Bonchev–Trinajstić information content (AvgIpc) is 2.56. The van der Waals surface area contributed by atoms with Crippen LogP contribution in [-0.2, 0) is 28.6 Å². The first-order chi connectivity index (χ1) is 7.81. The van der Waals surface area contributed by atoms with Crippen molar-refractivity contribution >= 4 is 22.0 Å². The molecule has 0 radical (unpaired) electrons. The summed E-state index contributed by atoms with van der Waals surface area (Å²) in [5.74, 6) is -1.22. The molecule has 2 atom stereocenters. The molecule has 0 saturated carbocycles. The van der Waals surface area contributed by atoms with E-state index in [-0.39, 0.29) is 25.0 Å². The van der Waals surface area contributed by atoms with Gasteiger partial charge in [-0.15, -0.1) is 0 Å². The Morgan fingerprint density at radius 3 is 2.71 bits per heavy atom. The molecule has 1 saturated heterocycles. The van der Waals surface area contributed by atoms with Gasteiger partial charge in [-0.2, -0.15) is 8.42 Å². The molecule has 0 aliphatic carbocycles. The standard InChI is InChI=1S/C9H15NO6S/c1-15-8(11)4-6-3-7(10-9(6)12)5-16-17(2,13)14/h6-7H,3-5H2,1-2H3,(H,10,12)/t6-,7-/m0/s1. The summed E-state index contributed by atoms with van der Waals surface area (Å²) in [6, 6.07) is -0.383. The predicted molar refractivity (Wildman–Crippen MR) is 57.5 cm³/mol. The van der Waals surface area contributed by atoms with Crippen LogP contribution in [0.3, 0.4) is 0 Å². The third-order valence-electron chi connectivity index (χ3n) is 2.41. The summed E-state index contributed by atoms with van der Waals surface area (Å²) in [7, 11) is -2.27. The summed E-state index contributed by atoms with van der Waals surface area (Å²) in [6.07, 6.45) is 1.30. The van der Waals surface area contributed by atoms with Crippen molar-refractivity contribution in [2.45, 2.75) is 18.9 Å². The van der Waals surface area contributed by atoms with Crippen LogP contribution in [0.25, 0.3) is 0 Å². The highest BCUT2D eigenvalue weighted by molar-refractivity contribution is 7.85. The quantitative estimate of drug-likeness (QED) is 0.507. The number of methoxy groups -OCH3 is 1. The topological polar surface area (TPSA) is 98.8 Å². The maximum Gasteiger partial charge on any atom is 0.306 e. The van der Waals surface area contributed by atoms with E-state index in [2.05, 4.69) is 14.2 Å². The molecular weight excluding hydrogens is 250 g/mol. The lowest BCUT2D eigenvalue weighted by Gasteiger charge is -2.08. The monoisotopic (exact) mass is 265 g/mol. The molecule has 0 aromatic carbocycles. The Morgan fingerprint density at radius 2 is 2.18 bits per heavy atom. The lowest BCUT2D eigenvalue weighted by atomic mass is 10.0. The molecule has 1 heterocycles. The third-order valence-corrected chi connectivity index (χ3v) is 2.97. The summed E-state index contributed by atoms with van der Waals surface area (Å²) in [5.41, 5.74) is 0. The number of carbonyl (C=O) groups is 2. The number of hydrogen-bond acceptors (Lipinski definition) is 6. The molecule has 1 amide bonds. The van der Waals surface area contributed by atoms with E-state index >= 15 is 0 Å². The Kier molecular flexibility index (Phi) is 4.47. The number of ether oxygens (including phenoxy) is 1. The fraction of sp³-hybridized carbons (Fsp3) is 0.778. The van der Waals surface area contributed by atoms with Gasteiger partial charge in [0.05, 0.1) is 38.4 Å². The van der Waals surface area contributed by atoms with Gasteiger partial charge in [-0.1, -0.05) is 0 Å². The lowest BCUT2D eigenvalue weighted by Crippen LogP contribution is -2.31. The molecule has 7 nitrogen and oxygen atoms in total. The third kappa shape index (κ3) is 4.70. The molecule has 0 spiro atoms. The molecule has 8 heteroatoms. The van der Waals surface area contributed by atoms with E-state index < -0.39 is 22.0 Å². The molecule has 0 unspecified atom stereocenters. The van der Waals surface area contributed by atoms with E-state index in [1.807, 2.05) is 0 Å². The van der Waals surface area contributed by atoms with Gasteiger partial charge in [0.1, 0.15) is 0 Å². The van der Waals surface area contributed by atoms with Crippen LogP contribution in [0.4, 0.5) is 0 Å². The maximum absolute atomic E-state index is 11.4. The molecule has 17 heavy (non-hydrogen) atoms. The molecule has 0 bridgehead atoms. The molecule has 1 N–H and O–H groups in total. The first kappa shape index (κ1) is 13.9. The SMILES string of the molecule is COC(=O)C[C@@H]1C[C@@H](COS(C)(=O)=O)NC1=O. The number of hydrogen-bond donors (Lipinski definition) is 1. The summed E-state index contributed by atoms with van der Waals surface area (Å²) >= 11 is 0. The largest absolute Gasteiger partial charge is 0.469 e. The maximum atomic E-state index is 11.4. The van der Waals surface area contributed by atoms with Gasteiger partial charge in [-0.3, -0.25) is 13.8 Å². The molecule has 98 valence electrons. The number of amides is 1. The zero-order chi connectivity index (χ0) is 13.1. The van der Waals surface area contributed by atoms with E-state index in [0.29, 0.717) is 6.42 Å². The van der Waals surface area contributed by atoms with Gasteiger partial charge >= 0.3 is 5.97 Å². The van der Waals surface area contributed by atoms with Crippen LogP contribution in [0.2, 0.25) is 0 Å². The normalized spacial score (nSPS) is 24.5. The van der Waals surface area contributed by atoms with Crippen molar-refractivity contribution in [3.8, 4) is 0 Å². The van der Waals surface area contributed by atoms with Gasteiger partial charge in [0.15, 0.2) is 0 Å². The van der Waals surface area contributed by atoms with Gasteiger partial charge in [0.25, 0.3) is 10.1 Å². The Balaban J connectivity index is 2.44. The second kappa shape index (κ2) is 5.46. The minimum atomic E-state index is -3.52. The number of carbonyl (C=O) groups excluding carboxylic acids is 2. The first-order valence-electron chi connectivity index (χ1n) is 5.03. The first-order valence-corrected chi connectivity index (χ1v) is 6.85. The molecule has 0 aromatic rings. The van der Waals surface area contributed by atoms with Crippen LogP contribution >= 0.6 is 0 Å². The van der Waals surface area contributed by atoms with E-state index in [1.165, 1.54) is 7.11 Å². The van der Waals surface area contributed by atoms with Crippen molar-refractivity contribution in [2.24, 2.45) is 5.92 Å². The van der Waals surface area contributed by atoms with Gasteiger partial charge in [-0.25, -0.2) is 0 Å². The minimum absolute atomic E-state index is 0.00227. The summed E-state index contributed by atoms with van der Waals surface area (Å²) in [6.45, 7) is -0.109. The van der Waals surface area contributed by atoms with Crippen LogP contribution in [0.15, 0.2) is 0 Å². The second-order valence-corrected chi connectivity index (χ2v) is 5.55. The van der Waals surface area contributed by atoms with Crippen molar-refractivity contribution in [1.29, 1.82) is 0 Å². The van der Waals surface area contributed by atoms with Crippen molar-refractivity contribution in [3.63, 3.8) is 0 Å². The molecule has 1 aliphatic heterocycles. The summed E-state index contributed by atoms with van der Waals surface area (Å²) in [5, 5.41) is 2.57. The highest BCUT2D eigenvalue weighted by atomic mass is 32.2. The lowest BCUT2D eigenvalue weighted by molar-refractivity contribution is -0.143. The highest BCUT2D eigenvalue weighted by Crippen LogP contribution is 2.20. The Bertz CT molecular complexity index is 404. The molecular formula is C9H15NO6S. The summed E-state index contributed by atoms with van der Waals surface area (Å²) in [4.78, 5) is 22.4. The number of nitrogens with one attached hydrogen (secondary N) is 1. The Morgan fingerprint density at radius 1 is 1.53 bits per heavy atom. The highest BCUT2D eigenvalue weighted by Gasteiger charge is 2.34. The molecule has 1 fully saturated rings. The molecule has 1 aliphatic rings. The molecule has 1 rings (SSSR count). The number of esters is 1. The second-order valence-electron chi connectivity index (χ2n) is 3.91. The van der Waals surface area contributed by atoms with Crippen LogP contribution in [0.1, 0.15) is 12.8 Å². The average molecular weight is 265 g/mol. The van der Waals surface area contributed by atoms with Crippen LogP contribution < -0.4 is 5.32 Å². The smallest absolute Gasteiger partial charge is 0.306 e. The van der Waals surface area contributed by atoms with E-state index in [9.17, 15) is 18.0 Å². The van der Waals surface area contributed by atoms with E-state index in [0.717, 1.165) is 6.26 Å². The zero-order valence-corrected chi connectivity index (χ0v) is 10.5.